The van der Waals surface area contributed by atoms with E-state index in [1.807, 2.05) is 5.32 Å². The largest absolute Gasteiger partial charge is 0.478 e. The maximum absolute atomic E-state index is 13.4. The number of urea groups is 1. The summed E-state index contributed by atoms with van der Waals surface area (Å²) >= 11 is 0. The third-order valence-corrected chi connectivity index (χ3v) is 2.32. The van der Waals surface area contributed by atoms with Gasteiger partial charge in [0.15, 0.2) is 0 Å². The molecule has 0 saturated carbocycles. The first-order chi connectivity index (χ1) is 9.40. The Balaban J connectivity index is 2.58. The predicted octanol–water partition coefficient (Wildman–Crippen LogP) is 1.13. The fourth-order valence-corrected chi connectivity index (χ4v) is 1.34. The molecule has 0 atom stereocenters. The molecule has 0 spiro atoms. The topological polar surface area (TPSA) is 86.7 Å². The van der Waals surface area contributed by atoms with Gasteiger partial charge in [-0.25, -0.2) is 14.0 Å². The van der Waals surface area contributed by atoms with Gasteiger partial charge in [-0.3, -0.25) is 10.1 Å². The number of imide groups is 1. The van der Waals surface area contributed by atoms with Gasteiger partial charge in [-0.1, -0.05) is 18.2 Å². The van der Waals surface area contributed by atoms with Crippen molar-refractivity contribution in [1.29, 1.82) is 0 Å². The fourth-order valence-electron chi connectivity index (χ4n) is 1.34. The summed E-state index contributed by atoms with van der Waals surface area (Å²) < 4.78 is 13.4. The van der Waals surface area contributed by atoms with Crippen molar-refractivity contribution in [3.8, 4) is 0 Å². The molecule has 106 valence electrons. The van der Waals surface area contributed by atoms with Crippen LogP contribution in [0.2, 0.25) is 0 Å². The number of halogens is 1. The molecule has 1 rings (SSSR count). The van der Waals surface area contributed by atoms with Crippen LogP contribution in [0.4, 0.5) is 9.18 Å². The molecule has 0 radical (unpaired) electrons. The third-order valence-electron chi connectivity index (χ3n) is 2.32. The van der Waals surface area contributed by atoms with E-state index in [9.17, 15) is 18.8 Å². The lowest BCUT2D eigenvalue weighted by Crippen LogP contribution is -2.39. The van der Waals surface area contributed by atoms with E-state index >= 15 is 0 Å². The smallest absolute Gasteiger partial charge is 0.328 e. The van der Waals surface area contributed by atoms with Gasteiger partial charge in [-0.05, 0) is 6.07 Å². The molecule has 7 heteroatoms. The van der Waals surface area contributed by atoms with Gasteiger partial charge < -0.3 is 10.0 Å². The van der Waals surface area contributed by atoms with Crippen LogP contribution in [0.15, 0.2) is 36.4 Å². The molecule has 0 heterocycles. The summed E-state index contributed by atoms with van der Waals surface area (Å²) in [6, 6.07) is 5.19. The Morgan fingerprint density at radius 3 is 2.55 bits per heavy atom. The van der Waals surface area contributed by atoms with Crippen molar-refractivity contribution >= 4 is 17.9 Å². The van der Waals surface area contributed by atoms with E-state index in [1.54, 1.807) is 6.07 Å². The minimum atomic E-state index is -1.30. The normalized spacial score (nSPS) is 10.3. The van der Waals surface area contributed by atoms with E-state index in [0.29, 0.717) is 11.6 Å². The van der Waals surface area contributed by atoms with Crippen molar-refractivity contribution < 1.29 is 23.9 Å². The summed E-state index contributed by atoms with van der Waals surface area (Å²) in [4.78, 5) is 34.1. The average Bonchev–Trinajstić information content (AvgIpc) is 2.39. The minimum absolute atomic E-state index is 0.0194. The summed E-state index contributed by atoms with van der Waals surface area (Å²) in [6.45, 7) is -0.0194. The molecule has 1 aromatic carbocycles. The SMILES string of the molecule is CN(Cc1ccccc1F)C(=O)NC(=O)C=CC(=O)O. The summed E-state index contributed by atoms with van der Waals surface area (Å²) in [6.07, 6.45) is 1.33. The van der Waals surface area contributed by atoms with Crippen LogP contribution in [0.1, 0.15) is 5.56 Å². The molecule has 0 aliphatic heterocycles. The van der Waals surface area contributed by atoms with Gasteiger partial charge in [-0.15, -0.1) is 0 Å². The molecular formula is C13H13FN2O4. The quantitative estimate of drug-likeness (QED) is 0.809. The number of hydrogen-bond acceptors (Lipinski definition) is 3. The summed E-state index contributed by atoms with van der Waals surface area (Å²) in [5, 5.41) is 10.3. The second-order valence-corrected chi connectivity index (χ2v) is 3.91. The number of carboxylic acid groups (broad SMARTS) is 1. The number of hydrogen-bond donors (Lipinski definition) is 2. The molecule has 0 saturated heterocycles. The Kier molecular flexibility index (Phi) is 5.40. The lowest BCUT2D eigenvalue weighted by Gasteiger charge is -2.17. The van der Waals surface area contributed by atoms with Gasteiger partial charge in [0.2, 0.25) is 0 Å². The molecule has 0 bridgehead atoms. The first kappa shape index (κ1) is 15.4. The number of nitrogens with one attached hydrogen (secondary N) is 1. The van der Waals surface area contributed by atoms with E-state index in [4.69, 9.17) is 5.11 Å². The van der Waals surface area contributed by atoms with E-state index < -0.39 is 23.7 Å². The number of amides is 3. The standard InChI is InChI=1S/C13H13FN2O4/c1-16(8-9-4-2-3-5-10(9)14)13(20)15-11(17)6-7-12(18)19/h2-7H,8H2,1H3,(H,18,19)(H,15,17,20). The average molecular weight is 280 g/mol. The second-order valence-electron chi connectivity index (χ2n) is 3.91. The number of carbonyl (C=O) groups excluding carboxylic acids is 2. The van der Waals surface area contributed by atoms with Crippen molar-refractivity contribution in [1.82, 2.24) is 10.2 Å². The molecule has 0 aromatic heterocycles. The molecule has 0 aliphatic carbocycles. The lowest BCUT2D eigenvalue weighted by molar-refractivity contribution is -0.131. The Labute approximate surface area is 114 Å². The van der Waals surface area contributed by atoms with Crippen molar-refractivity contribution in [2.24, 2.45) is 0 Å². The van der Waals surface area contributed by atoms with Crippen LogP contribution >= 0.6 is 0 Å². The van der Waals surface area contributed by atoms with Crippen LogP contribution in [0, 0.1) is 5.82 Å². The van der Waals surface area contributed by atoms with Crippen LogP contribution in [-0.4, -0.2) is 35.0 Å². The van der Waals surface area contributed by atoms with Gasteiger partial charge in [0, 0.05) is 31.3 Å². The predicted molar refractivity (Wildman–Crippen MR) is 68.2 cm³/mol. The van der Waals surface area contributed by atoms with Gasteiger partial charge in [0.25, 0.3) is 5.91 Å². The third kappa shape index (κ3) is 4.89. The number of carboxylic acids is 1. The molecule has 0 fully saturated rings. The van der Waals surface area contributed by atoms with Gasteiger partial charge in [-0.2, -0.15) is 0 Å². The molecule has 3 amide bonds. The van der Waals surface area contributed by atoms with E-state index in [1.165, 1.54) is 25.2 Å². The number of carbonyl (C=O) groups is 3. The maximum atomic E-state index is 13.4. The second kappa shape index (κ2) is 7.03. The van der Waals surface area contributed by atoms with Crippen molar-refractivity contribution in [3.63, 3.8) is 0 Å². The van der Waals surface area contributed by atoms with E-state index in [-0.39, 0.29) is 6.54 Å². The summed E-state index contributed by atoms with van der Waals surface area (Å²) in [5.41, 5.74) is 0.304. The highest BCUT2D eigenvalue weighted by Gasteiger charge is 2.13. The van der Waals surface area contributed by atoms with Gasteiger partial charge >= 0.3 is 12.0 Å². The molecular weight excluding hydrogens is 267 g/mol. The maximum Gasteiger partial charge on any atom is 0.328 e. The first-order valence-electron chi connectivity index (χ1n) is 5.60. The molecule has 0 unspecified atom stereocenters. The van der Waals surface area contributed by atoms with Crippen LogP contribution in [0.25, 0.3) is 0 Å². The van der Waals surface area contributed by atoms with E-state index in [2.05, 4.69) is 0 Å². The summed E-state index contributed by atoms with van der Waals surface area (Å²) in [5.74, 6) is -2.62. The lowest BCUT2D eigenvalue weighted by atomic mass is 10.2. The molecule has 2 N–H and O–H groups in total. The molecule has 6 nitrogen and oxygen atoms in total. The molecule has 1 aromatic rings. The Hall–Kier alpha value is -2.70. The molecule has 0 aliphatic rings. The number of benzene rings is 1. The van der Waals surface area contributed by atoms with Gasteiger partial charge in [0.1, 0.15) is 5.82 Å². The fraction of sp³-hybridized carbons (Fsp3) is 0.154. The zero-order valence-electron chi connectivity index (χ0n) is 10.7. The Morgan fingerprint density at radius 2 is 1.95 bits per heavy atom. The summed E-state index contributed by atoms with van der Waals surface area (Å²) in [7, 11) is 1.38. The number of aliphatic carboxylic acids is 1. The van der Waals surface area contributed by atoms with E-state index in [0.717, 1.165) is 11.0 Å². The number of nitrogens with zero attached hydrogens (tertiary/aromatic N) is 1. The van der Waals surface area contributed by atoms with Crippen molar-refractivity contribution in [2.45, 2.75) is 6.54 Å². The van der Waals surface area contributed by atoms with Crippen molar-refractivity contribution in [2.75, 3.05) is 7.05 Å². The minimum Gasteiger partial charge on any atom is -0.478 e. The van der Waals surface area contributed by atoms with Crippen LogP contribution in [-0.2, 0) is 16.1 Å². The zero-order valence-corrected chi connectivity index (χ0v) is 10.7. The van der Waals surface area contributed by atoms with Crippen molar-refractivity contribution in [3.05, 3.63) is 47.8 Å². The van der Waals surface area contributed by atoms with Crippen LogP contribution in [0.5, 0.6) is 0 Å². The number of rotatable bonds is 4. The highest BCUT2D eigenvalue weighted by molar-refractivity contribution is 6.02. The highest BCUT2D eigenvalue weighted by Crippen LogP contribution is 2.08. The first-order valence-corrected chi connectivity index (χ1v) is 5.60. The van der Waals surface area contributed by atoms with Crippen LogP contribution < -0.4 is 5.32 Å². The highest BCUT2D eigenvalue weighted by atomic mass is 19.1. The monoisotopic (exact) mass is 280 g/mol. The van der Waals surface area contributed by atoms with Crippen LogP contribution in [0.3, 0.4) is 0 Å². The Morgan fingerprint density at radius 1 is 1.30 bits per heavy atom. The Bertz CT molecular complexity index is 557. The molecule has 20 heavy (non-hydrogen) atoms. The zero-order chi connectivity index (χ0) is 15.1. The van der Waals surface area contributed by atoms with Gasteiger partial charge in [0.05, 0.1) is 0 Å².